The number of hydrogen-bond donors (Lipinski definition) is 0. The first kappa shape index (κ1) is 20.5. The molecule has 4 rings (SSSR count). The Bertz CT molecular complexity index is 1100. The van der Waals surface area contributed by atoms with Gasteiger partial charge in [0.2, 0.25) is 20.0 Å². The molecule has 0 unspecified atom stereocenters. The van der Waals surface area contributed by atoms with E-state index in [2.05, 4.69) is 0 Å². The predicted molar refractivity (Wildman–Crippen MR) is 109 cm³/mol. The van der Waals surface area contributed by atoms with Gasteiger partial charge in [-0.25, -0.2) is 16.8 Å². The minimum Gasteiger partial charge on any atom is -0.374 e. The second-order valence-electron chi connectivity index (χ2n) is 7.54. The van der Waals surface area contributed by atoms with E-state index in [1.54, 1.807) is 48.5 Å². The lowest BCUT2D eigenvalue weighted by molar-refractivity contribution is -0.0154. The van der Waals surface area contributed by atoms with E-state index in [0.717, 1.165) is 11.1 Å². The van der Waals surface area contributed by atoms with Crippen LogP contribution in [0.2, 0.25) is 0 Å². The number of nitrogens with zero attached hydrogens (tertiary/aromatic N) is 2. The molecule has 0 N–H and O–H groups in total. The number of aryl methyl sites for hydroxylation is 2. The molecule has 2 atom stereocenters. The number of benzene rings is 2. The van der Waals surface area contributed by atoms with Crippen LogP contribution in [-0.4, -0.2) is 63.8 Å². The second kappa shape index (κ2) is 7.48. The van der Waals surface area contributed by atoms with Crippen molar-refractivity contribution in [1.29, 1.82) is 0 Å². The lowest BCUT2D eigenvalue weighted by Crippen LogP contribution is -2.53. The normalized spacial score (nSPS) is 23.8. The third kappa shape index (κ3) is 3.73. The van der Waals surface area contributed by atoms with Crippen LogP contribution < -0.4 is 0 Å². The van der Waals surface area contributed by atoms with Crippen molar-refractivity contribution in [1.82, 2.24) is 8.61 Å². The molecule has 2 aliphatic heterocycles. The fourth-order valence-electron chi connectivity index (χ4n) is 3.82. The molecular formula is C20H24N2O5S2. The molecule has 0 aliphatic carbocycles. The van der Waals surface area contributed by atoms with Crippen LogP contribution >= 0.6 is 0 Å². The van der Waals surface area contributed by atoms with E-state index < -0.39 is 32.2 Å². The molecule has 2 aromatic rings. The first-order chi connectivity index (χ1) is 13.7. The molecule has 2 saturated heterocycles. The summed E-state index contributed by atoms with van der Waals surface area (Å²) in [7, 11) is -7.46. The summed E-state index contributed by atoms with van der Waals surface area (Å²) in [5, 5.41) is 0. The lowest BCUT2D eigenvalue weighted by atomic mass is 10.2. The van der Waals surface area contributed by atoms with E-state index in [1.165, 1.54) is 8.61 Å². The van der Waals surface area contributed by atoms with E-state index >= 15 is 0 Å². The van der Waals surface area contributed by atoms with Gasteiger partial charge in [0.15, 0.2) is 0 Å². The average Bonchev–Trinajstić information content (AvgIpc) is 3.14. The van der Waals surface area contributed by atoms with Crippen molar-refractivity contribution in [3.8, 4) is 0 Å². The number of hydrogen-bond acceptors (Lipinski definition) is 5. The van der Waals surface area contributed by atoms with Crippen LogP contribution in [0.15, 0.2) is 58.3 Å². The highest BCUT2D eigenvalue weighted by atomic mass is 32.2. The highest BCUT2D eigenvalue weighted by Crippen LogP contribution is 2.31. The summed E-state index contributed by atoms with van der Waals surface area (Å²) in [6.07, 6.45) is -0.482. The summed E-state index contributed by atoms with van der Waals surface area (Å²) in [5.74, 6) is 0. The summed E-state index contributed by atoms with van der Waals surface area (Å²) < 4.78 is 61.0. The molecular weight excluding hydrogens is 412 g/mol. The van der Waals surface area contributed by atoms with Gasteiger partial charge in [0, 0.05) is 19.6 Å². The zero-order valence-corrected chi connectivity index (χ0v) is 18.0. The first-order valence-electron chi connectivity index (χ1n) is 9.46. The first-order valence-corrected chi connectivity index (χ1v) is 12.3. The zero-order chi connectivity index (χ0) is 20.8. The third-order valence-corrected chi connectivity index (χ3v) is 9.29. The maximum Gasteiger partial charge on any atom is 0.243 e. The molecule has 9 heteroatoms. The number of ether oxygens (including phenoxy) is 1. The van der Waals surface area contributed by atoms with Gasteiger partial charge in [0.1, 0.15) is 0 Å². The highest BCUT2D eigenvalue weighted by molar-refractivity contribution is 7.89. The van der Waals surface area contributed by atoms with E-state index in [0.29, 0.717) is 0 Å². The Morgan fingerprint density at radius 3 is 1.86 bits per heavy atom. The summed E-state index contributed by atoms with van der Waals surface area (Å²) in [6, 6.07) is 12.8. The molecule has 0 saturated carbocycles. The highest BCUT2D eigenvalue weighted by Gasteiger charge is 2.48. The van der Waals surface area contributed by atoms with Crippen LogP contribution in [0.4, 0.5) is 0 Å². The van der Waals surface area contributed by atoms with Gasteiger partial charge in [-0.3, -0.25) is 0 Å². The SMILES string of the molecule is Cc1ccc(S(=O)(=O)N2C[C@@H]3[C@@H](C2)OCCN3S(=O)(=O)c2ccc(C)cc2)cc1. The van der Waals surface area contributed by atoms with Gasteiger partial charge in [-0.15, -0.1) is 0 Å². The van der Waals surface area contributed by atoms with Crippen LogP contribution in [0, 0.1) is 13.8 Å². The number of fused-ring (bicyclic) bond motifs is 1. The Morgan fingerprint density at radius 1 is 0.793 bits per heavy atom. The molecule has 0 radical (unpaired) electrons. The zero-order valence-electron chi connectivity index (χ0n) is 16.4. The van der Waals surface area contributed by atoms with Crippen molar-refractivity contribution < 1.29 is 21.6 Å². The van der Waals surface area contributed by atoms with Crippen molar-refractivity contribution in [3.05, 3.63) is 59.7 Å². The Balaban J connectivity index is 1.62. The quantitative estimate of drug-likeness (QED) is 0.729. The van der Waals surface area contributed by atoms with Crippen molar-refractivity contribution in [2.75, 3.05) is 26.2 Å². The van der Waals surface area contributed by atoms with Gasteiger partial charge in [-0.1, -0.05) is 35.4 Å². The van der Waals surface area contributed by atoms with Crippen molar-refractivity contribution in [3.63, 3.8) is 0 Å². The molecule has 7 nitrogen and oxygen atoms in total. The van der Waals surface area contributed by atoms with Crippen LogP contribution in [0.3, 0.4) is 0 Å². The second-order valence-corrected chi connectivity index (χ2v) is 11.4. The third-order valence-electron chi connectivity index (χ3n) is 5.50. The van der Waals surface area contributed by atoms with E-state index in [1.807, 2.05) is 13.8 Å². The standard InChI is InChI=1S/C20H24N2O5S2/c1-15-3-7-17(8-4-15)28(23,24)21-13-19-20(14-21)27-12-11-22(19)29(25,26)18-9-5-16(2)6-10-18/h3-10,19-20H,11-14H2,1-2H3/t19-,20-/m1/s1. The largest absolute Gasteiger partial charge is 0.374 e. The lowest BCUT2D eigenvalue weighted by Gasteiger charge is -2.35. The van der Waals surface area contributed by atoms with Gasteiger partial charge in [0.05, 0.1) is 28.5 Å². The van der Waals surface area contributed by atoms with Crippen LogP contribution in [-0.2, 0) is 24.8 Å². The molecule has 156 valence electrons. The molecule has 2 aromatic carbocycles. The number of morpholine rings is 1. The maximum atomic E-state index is 13.2. The van der Waals surface area contributed by atoms with Gasteiger partial charge < -0.3 is 4.74 Å². The Labute approximate surface area is 172 Å². The predicted octanol–water partition coefficient (Wildman–Crippen LogP) is 1.77. The molecule has 0 bridgehead atoms. The minimum absolute atomic E-state index is 0.0754. The fourth-order valence-corrected chi connectivity index (χ4v) is 6.92. The fraction of sp³-hybridized carbons (Fsp3) is 0.400. The monoisotopic (exact) mass is 436 g/mol. The molecule has 0 amide bonds. The van der Waals surface area contributed by atoms with E-state index in [9.17, 15) is 16.8 Å². The maximum absolute atomic E-state index is 13.2. The summed E-state index contributed by atoms with van der Waals surface area (Å²) >= 11 is 0. The smallest absolute Gasteiger partial charge is 0.243 e. The van der Waals surface area contributed by atoms with Gasteiger partial charge >= 0.3 is 0 Å². The van der Waals surface area contributed by atoms with Crippen molar-refractivity contribution >= 4 is 20.0 Å². The molecule has 0 spiro atoms. The van der Waals surface area contributed by atoms with Crippen molar-refractivity contribution in [2.45, 2.75) is 35.8 Å². The summed E-state index contributed by atoms with van der Waals surface area (Å²) in [4.78, 5) is 0.415. The van der Waals surface area contributed by atoms with Gasteiger partial charge in [0.25, 0.3) is 0 Å². The minimum atomic E-state index is -3.74. The summed E-state index contributed by atoms with van der Waals surface area (Å²) in [5.41, 5.74) is 1.94. The number of rotatable bonds is 4. The molecule has 2 aliphatic rings. The molecule has 29 heavy (non-hydrogen) atoms. The van der Waals surface area contributed by atoms with E-state index in [4.69, 9.17) is 4.74 Å². The Hall–Kier alpha value is -1.78. The van der Waals surface area contributed by atoms with Gasteiger partial charge in [-0.05, 0) is 38.1 Å². The molecule has 2 fully saturated rings. The Kier molecular flexibility index (Phi) is 5.28. The van der Waals surface area contributed by atoms with Gasteiger partial charge in [-0.2, -0.15) is 8.61 Å². The molecule has 2 heterocycles. The number of sulfonamides is 2. The van der Waals surface area contributed by atoms with E-state index in [-0.39, 0.29) is 36.0 Å². The molecule has 0 aromatic heterocycles. The van der Waals surface area contributed by atoms with Crippen LogP contribution in [0.1, 0.15) is 11.1 Å². The van der Waals surface area contributed by atoms with Crippen LogP contribution in [0.25, 0.3) is 0 Å². The Morgan fingerprint density at radius 2 is 1.31 bits per heavy atom. The topological polar surface area (TPSA) is 84.0 Å². The van der Waals surface area contributed by atoms with Crippen LogP contribution in [0.5, 0.6) is 0 Å². The average molecular weight is 437 g/mol. The van der Waals surface area contributed by atoms with Crippen molar-refractivity contribution in [2.24, 2.45) is 0 Å². The summed E-state index contributed by atoms with van der Waals surface area (Å²) in [6.45, 7) is 4.45.